The lowest BCUT2D eigenvalue weighted by atomic mass is 10.1. The highest BCUT2D eigenvalue weighted by Gasteiger charge is 2.12. The van der Waals surface area contributed by atoms with Crippen LogP contribution < -0.4 is 10.3 Å². The van der Waals surface area contributed by atoms with Gasteiger partial charge in [0.25, 0.3) is 5.56 Å². The van der Waals surface area contributed by atoms with Crippen molar-refractivity contribution in [1.29, 1.82) is 0 Å². The fraction of sp³-hybridized carbons (Fsp3) is 0.167. The van der Waals surface area contributed by atoms with Crippen molar-refractivity contribution < 1.29 is 4.74 Å². The molecule has 0 aliphatic carbocycles. The first-order valence-electron chi connectivity index (χ1n) is 5.17. The molecule has 1 N–H and O–H groups in total. The normalized spacial score (nSPS) is 10.4. The lowest BCUT2D eigenvalue weighted by molar-refractivity contribution is 0.450. The third-order valence-corrected chi connectivity index (χ3v) is 3.56. The molecule has 1 heterocycles. The molecule has 94 valence electrons. The summed E-state index contributed by atoms with van der Waals surface area (Å²) in [5.74, 6) is 0.975. The maximum Gasteiger partial charge on any atom is 0.268 e. The lowest BCUT2D eigenvalue weighted by Crippen LogP contribution is -2.11. The molecular formula is C12H10ClIN2O2. The van der Waals surface area contributed by atoms with Crippen LogP contribution in [0.5, 0.6) is 11.6 Å². The summed E-state index contributed by atoms with van der Waals surface area (Å²) in [4.78, 5) is 18.0. The van der Waals surface area contributed by atoms with Gasteiger partial charge in [-0.25, -0.2) is 4.98 Å². The van der Waals surface area contributed by atoms with Crippen LogP contribution in [0, 0.1) is 17.4 Å². The summed E-state index contributed by atoms with van der Waals surface area (Å²) >= 11 is 7.86. The van der Waals surface area contributed by atoms with Crippen LogP contribution in [0.15, 0.2) is 23.3 Å². The van der Waals surface area contributed by atoms with E-state index in [1.165, 1.54) is 6.33 Å². The van der Waals surface area contributed by atoms with E-state index in [1.807, 2.05) is 48.6 Å². The van der Waals surface area contributed by atoms with Crippen LogP contribution in [-0.2, 0) is 0 Å². The Bertz CT molecular complexity index is 632. The molecule has 0 saturated carbocycles. The monoisotopic (exact) mass is 376 g/mol. The number of nitrogens with zero attached hydrogens (tertiary/aromatic N) is 1. The minimum atomic E-state index is -0.218. The molecule has 6 heteroatoms. The van der Waals surface area contributed by atoms with Gasteiger partial charge in [-0.15, -0.1) is 0 Å². The number of halogens is 2. The molecule has 0 radical (unpaired) electrons. The highest BCUT2D eigenvalue weighted by molar-refractivity contribution is 14.1. The van der Waals surface area contributed by atoms with E-state index in [9.17, 15) is 4.79 Å². The maximum absolute atomic E-state index is 11.4. The van der Waals surface area contributed by atoms with Crippen molar-refractivity contribution in [2.45, 2.75) is 13.8 Å². The zero-order valence-corrected chi connectivity index (χ0v) is 12.7. The Morgan fingerprint density at radius 1 is 1.33 bits per heavy atom. The highest BCUT2D eigenvalue weighted by atomic mass is 127. The molecule has 0 bridgehead atoms. The van der Waals surface area contributed by atoms with Gasteiger partial charge in [0, 0.05) is 5.02 Å². The second kappa shape index (κ2) is 5.27. The number of benzene rings is 1. The van der Waals surface area contributed by atoms with Crippen LogP contribution in [0.3, 0.4) is 0 Å². The third-order valence-electron chi connectivity index (χ3n) is 2.39. The Hall–Kier alpha value is -1.08. The molecule has 0 aliphatic heterocycles. The Morgan fingerprint density at radius 2 is 1.94 bits per heavy atom. The summed E-state index contributed by atoms with van der Waals surface area (Å²) in [5, 5.41) is 0.658. The molecular weight excluding hydrogens is 367 g/mol. The van der Waals surface area contributed by atoms with Crippen LogP contribution >= 0.6 is 34.2 Å². The molecule has 2 rings (SSSR count). The number of hydrogen-bond donors (Lipinski definition) is 1. The first-order valence-corrected chi connectivity index (χ1v) is 6.62. The van der Waals surface area contributed by atoms with Crippen LogP contribution in [0.4, 0.5) is 0 Å². The Morgan fingerprint density at radius 3 is 2.56 bits per heavy atom. The largest absolute Gasteiger partial charge is 0.437 e. The predicted molar refractivity (Wildman–Crippen MR) is 78.6 cm³/mol. The second-order valence-electron chi connectivity index (χ2n) is 3.82. The Labute approximate surface area is 122 Å². The Balaban J connectivity index is 2.47. The van der Waals surface area contributed by atoms with Crippen molar-refractivity contribution in [2.24, 2.45) is 0 Å². The van der Waals surface area contributed by atoms with Gasteiger partial charge in [-0.2, -0.15) is 0 Å². The lowest BCUT2D eigenvalue weighted by Gasteiger charge is -2.11. The number of aromatic nitrogens is 2. The van der Waals surface area contributed by atoms with Crippen LogP contribution in [0.1, 0.15) is 11.1 Å². The molecule has 0 atom stereocenters. The molecule has 0 amide bonds. The smallest absolute Gasteiger partial charge is 0.268 e. The third kappa shape index (κ3) is 2.67. The maximum atomic E-state index is 11.4. The van der Waals surface area contributed by atoms with Gasteiger partial charge in [-0.3, -0.25) is 4.79 Å². The van der Waals surface area contributed by atoms with E-state index in [2.05, 4.69) is 9.97 Å². The number of ether oxygens (including phenoxy) is 1. The van der Waals surface area contributed by atoms with Gasteiger partial charge in [0.05, 0.1) is 6.33 Å². The van der Waals surface area contributed by atoms with E-state index in [0.717, 1.165) is 11.1 Å². The van der Waals surface area contributed by atoms with Gasteiger partial charge in [0.15, 0.2) is 0 Å². The summed E-state index contributed by atoms with van der Waals surface area (Å²) in [6.45, 7) is 3.79. The molecule has 0 aliphatic rings. The van der Waals surface area contributed by atoms with E-state index in [0.29, 0.717) is 20.2 Å². The molecule has 1 aromatic heterocycles. The number of H-pyrrole nitrogens is 1. The highest BCUT2D eigenvalue weighted by Crippen LogP contribution is 2.31. The minimum absolute atomic E-state index is 0.218. The van der Waals surface area contributed by atoms with Crippen LogP contribution in [0.2, 0.25) is 5.02 Å². The topological polar surface area (TPSA) is 55.0 Å². The van der Waals surface area contributed by atoms with E-state index >= 15 is 0 Å². The Kier molecular flexibility index (Phi) is 3.91. The zero-order valence-electron chi connectivity index (χ0n) is 9.75. The number of hydrogen-bond acceptors (Lipinski definition) is 3. The van der Waals surface area contributed by atoms with Gasteiger partial charge < -0.3 is 9.72 Å². The summed E-state index contributed by atoms with van der Waals surface area (Å²) in [7, 11) is 0. The summed E-state index contributed by atoms with van der Waals surface area (Å²) < 4.78 is 6.13. The number of rotatable bonds is 2. The van der Waals surface area contributed by atoms with E-state index in [4.69, 9.17) is 16.3 Å². The van der Waals surface area contributed by atoms with Crippen molar-refractivity contribution in [1.82, 2.24) is 9.97 Å². The van der Waals surface area contributed by atoms with Crippen LogP contribution in [0.25, 0.3) is 0 Å². The van der Waals surface area contributed by atoms with Crippen molar-refractivity contribution in [2.75, 3.05) is 0 Å². The summed E-state index contributed by atoms with van der Waals surface area (Å²) in [6.07, 6.45) is 1.32. The van der Waals surface area contributed by atoms with E-state index < -0.39 is 0 Å². The zero-order chi connectivity index (χ0) is 13.3. The molecule has 0 spiro atoms. The molecule has 0 fully saturated rings. The van der Waals surface area contributed by atoms with E-state index in [-0.39, 0.29) is 5.56 Å². The molecule has 1 aromatic carbocycles. The summed E-state index contributed by atoms with van der Waals surface area (Å²) in [6, 6.07) is 3.62. The molecule has 4 nitrogen and oxygen atoms in total. The molecule has 0 saturated heterocycles. The van der Waals surface area contributed by atoms with Gasteiger partial charge >= 0.3 is 0 Å². The van der Waals surface area contributed by atoms with Gasteiger partial charge in [-0.1, -0.05) is 11.6 Å². The summed E-state index contributed by atoms with van der Waals surface area (Å²) in [5.41, 5.74) is 1.58. The van der Waals surface area contributed by atoms with Gasteiger partial charge in [0.1, 0.15) is 9.32 Å². The van der Waals surface area contributed by atoms with Crippen molar-refractivity contribution in [3.63, 3.8) is 0 Å². The fourth-order valence-corrected chi connectivity index (χ4v) is 2.33. The number of nitrogens with one attached hydrogen (secondary N) is 1. The fourth-order valence-electron chi connectivity index (χ4n) is 1.59. The average molecular weight is 377 g/mol. The second-order valence-corrected chi connectivity index (χ2v) is 5.34. The molecule has 2 aromatic rings. The van der Waals surface area contributed by atoms with Crippen LogP contribution in [-0.4, -0.2) is 9.97 Å². The van der Waals surface area contributed by atoms with E-state index in [1.54, 1.807) is 0 Å². The SMILES string of the molecule is Cc1cc(Cl)cc(C)c1Oc1nc[nH]c(=O)c1I. The van der Waals surface area contributed by atoms with Crippen molar-refractivity contribution in [3.05, 3.63) is 48.5 Å². The number of aryl methyl sites for hydroxylation is 2. The molecule has 18 heavy (non-hydrogen) atoms. The van der Waals surface area contributed by atoms with Crippen molar-refractivity contribution in [3.8, 4) is 11.6 Å². The number of aromatic amines is 1. The first-order chi connectivity index (χ1) is 8.49. The first kappa shape index (κ1) is 13.4. The standard InChI is InChI=1S/C12H10ClIN2O2/c1-6-3-8(13)4-7(2)10(6)18-12-9(14)11(17)15-5-16-12/h3-5H,1-2H3,(H,15,16,17). The quantitative estimate of drug-likeness (QED) is 0.817. The minimum Gasteiger partial charge on any atom is -0.437 e. The average Bonchev–Trinajstić information content (AvgIpc) is 2.28. The predicted octanol–water partition coefficient (Wildman–Crippen LogP) is 3.44. The van der Waals surface area contributed by atoms with Gasteiger partial charge in [-0.05, 0) is 59.7 Å². The molecule has 0 unspecified atom stereocenters. The van der Waals surface area contributed by atoms with Gasteiger partial charge in [0.2, 0.25) is 5.88 Å². The van der Waals surface area contributed by atoms with Crippen molar-refractivity contribution >= 4 is 34.2 Å².